The molecule has 0 fully saturated rings. The first-order valence-electron chi connectivity index (χ1n) is 5.05. The van der Waals surface area contributed by atoms with Crippen LogP contribution in [0.15, 0.2) is 43.0 Å². The summed E-state index contributed by atoms with van der Waals surface area (Å²) in [5, 5.41) is 0. The van der Waals surface area contributed by atoms with Crippen molar-refractivity contribution in [2.75, 3.05) is 6.61 Å². The van der Waals surface area contributed by atoms with Crippen molar-refractivity contribution < 1.29 is 4.74 Å². The van der Waals surface area contributed by atoms with E-state index >= 15 is 0 Å². The van der Waals surface area contributed by atoms with E-state index < -0.39 is 0 Å². The van der Waals surface area contributed by atoms with Gasteiger partial charge >= 0.3 is 0 Å². The summed E-state index contributed by atoms with van der Waals surface area (Å²) in [7, 11) is 0. The Bertz CT molecular complexity index is 253. The SMILES string of the molecule is C=CC[C@H](C)COCc1ccccc1. The lowest BCUT2D eigenvalue weighted by Gasteiger charge is -2.09. The number of rotatable bonds is 6. The Balaban J connectivity index is 2.18. The number of allylic oxidation sites excluding steroid dienone is 1. The van der Waals surface area contributed by atoms with Crippen LogP contribution in [0.2, 0.25) is 0 Å². The lowest BCUT2D eigenvalue weighted by molar-refractivity contribution is 0.0929. The van der Waals surface area contributed by atoms with E-state index in [2.05, 4.69) is 25.6 Å². The van der Waals surface area contributed by atoms with Crippen LogP contribution in [0, 0.1) is 5.92 Å². The first kappa shape index (κ1) is 11.0. The van der Waals surface area contributed by atoms with Gasteiger partial charge < -0.3 is 4.74 Å². The maximum Gasteiger partial charge on any atom is 0.0717 e. The van der Waals surface area contributed by atoms with Gasteiger partial charge in [0.1, 0.15) is 0 Å². The Morgan fingerprint density at radius 3 is 2.71 bits per heavy atom. The molecule has 0 radical (unpaired) electrons. The highest BCUT2D eigenvalue weighted by atomic mass is 16.5. The van der Waals surface area contributed by atoms with E-state index in [0.29, 0.717) is 12.5 Å². The summed E-state index contributed by atoms with van der Waals surface area (Å²) >= 11 is 0. The van der Waals surface area contributed by atoms with Gasteiger partial charge in [0.15, 0.2) is 0 Å². The van der Waals surface area contributed by atoms with Crippen molar-refractivity contribution in [3.8, 4) is 0 Å². The second-order valence-electron chi connectivity index (χ2n) is 3.63. The van der Waals surface area contributed by atoms with Crippen LogP contribution in [-0.2, 0) is 11.3 Å². The normalized spacial score (nSPS) is 12.4. The molecule has 0 saturated heterocycles. The molecule has 0 amide bonds. The molecule has 0 aliphatic rings. The van der Waals surface area contributed by atoms with Crippen molar-refractivity contribution in [1.82, 2.24) is 0 Å². The molecule has 1 atom stereocenters. The minimum absolute atomic E-state index is 0.566. The molecule has 0 bridgehead atoms. The fourth-order valence-electron chi connectivity index (χ4n) is 1.30. The summed E-state index contributed by atoms with van der Waals surface area (Å²) < 4.78 is 5.59. The molecule has 0 spiro atoms. The summed E-state index contributed by atoms with van der Waals surface area (Å²) in [6.07, 6.45) is 2.96. The molecule has 0 aliphatic heterocycles. The molecule has 0 N–H and O–H groups in total. The number of hydrogen-bond donors (Lipinski definition) is 0. The average molecular weight is 190 g/mol. The van der Waals surface area contributed by atoms with Gasteiger partial charge in [0.2, 0.25) is 0 Å². The Morgan fingerprint density at radius 1 is 1.36 bits per heavy atom. The first-order valence-corrected chi connectivity index (χ1v) is 5.05. The Kier molecular flexibility index (Phi) is 5.02. The van der Waals surface area contributed by atoms with Crippen LogP contribution >= 0.6 is 0 Å². The summed E-state index contributed by atoms with van der Waals surface area (Å²) in [6, 6.07) is 10.2. The van der Waals surface area contributed by atoms with Crippen LogP contribution in [0.4, 0.5) is 0 Å². The third-order valence-electron chi connectivity index (χ3n) is 2.08. The van der Waals surface area contributed by atoms with E-state index in [1.165, 1.54) is 5.56 Å². The third-order valence-corrected chi connectivity index (χ3v) is 2.08. The molecule has 0 unspecified atom stereocenters. The molecule has 1 heteroatoms. The quantitative estimate of drug-likeness (QED) is 0.624. The molecular weight excluding hydrogens is 172 g/mol. The highest BCUT2D eigenvalue weighted by molar-refractivity contribution is 5.13. The summed E-state index contributed by atoms with van der Waals surface area (Å²) in [5.41, 5.74) is 1.23. The van der Waals surface area contributed by atoms with Gasteiger partial charge in [-0.25, -0.2) is 0 Å². The third kappa shape index (κ3) is 4.24. The topological polar surface area (TPSA) is 9.23 Å². The molecule has 0 saturated carbocycles. The van der Waals surface area contributed by atoms with E-state index in [9.17, 15) is 0 Å². The van der Waals surface area contributed by atoms with Crippen LogP contribution in [0.25, 0.3) is 0 Å². The Morgan fingerprint density at radius 2 is 2.07 bits per heavy atom. The molecule has 76 valence electrons. The lowest BCUT2D eigenvalue weighted by atomic mass is 10.1. The molecule has 1 aromatic rings. The summed E-state index contributed by atoms with van der Waals surface area (Å²) in [6.45, 7) is 7.40. The predicted octanol–water partition coefficient (Wildman–Crippen LogP) is 3.42. The van der Waals surface area contributed by atoms with Gasteiger partial charge in [-0.2, -0.15) is 0 Å². The highest BCUT2D eigenvalue weighted by Crippen LogP contribution is 2.06. The maximum absolute atomic E-state index is 5.59. The van der Waals surface area contributed by atoms with E-state index in [-0.39, 0.29) is 0 Å². The second kappa shape index (κ2) is 6.39. The molecule has 1 nitrogen and oxygen atoms in total. The lowest BCUT2D eigenvalue weighted by Crippen LogP contribution is -2.04. The molecule has 0 heterocycles. The minimum Gasteiger partial charge on any atom is -0.376 e. The smallest absolute Gasteiger partial charge is 0.0717 e. The van der Waals surface area contributed by atoms with Crippen molar-refractivity contribution in [2.45, 2.75) is 20.0 Å². The van der Waals surface area contributed by atoms with Gasteiger partial charge in [-0.15, -0.1) is 6.58 Å². The van der Waals surface area contributed by atoms with E-state index in [4.69, 9.17) is 4.74 Å². The van der Waals surface area contributed by atoms with Gasteiger partial charge in [-0.05, 0) is 17.9 Å². The monoisotopic (exact) mass is 190 g/mol. The molecule has 0 aromatic heterocycles. The number of benzene rings is 1. The fourth-order valence-corrected chi connectivity index (χ4v) is 1.30. The molecule has 0 aliphatic carbocycles. The zero-order valence-electron chi connectivity index (χ0n) is 8.78. The van der Waals surface area contributed by atoms with E-state index in [1.54, 1.807) is 0 Å². The molecule has 1 rings (SSSR count). The first-order chi connectivity index (χ1) is 6.83. The van der Waals surface area contributed by atoms with Crippen molar-refractivity contribution in [3.63, 3.8) is 0 Å². The molecule has 14 heavy (non-hydrogen) atoms. The van der Waals surface area contributed by atoms with Crippen LogP contribution in [0.5, 0.6) is 0 Å². The average Bonchev–Trinajstić information content (AvgIpc) is 2.20. The summed E-state index contributed by atoms with van der Waals surface area (Å²) in [4.78, 5) is 0. The summed E-state index contributed by atoms with van der Waals surface area (Å²) in [5.74, 6) is 0.566. The van der Waals surface area contributed by atoms with Gasteiger partial charge in [-0.1, -0.05) is 43.3 Å². The van der Waals surface area contributed by atoms with Crippen molar-refractivity contribution in [2.24, 2.45) is 5.92 Å². The van der Waals surface area contributed by atoms with E-state index in [0.717, 1.165) is 13.0 Å². The Hall–Kier alpha value is -1.08. The van der Waals surface area contributed by atoms with E-state index in [1.807, 2.05) is 24.3 Å². The van der Waals surface area contributed by atoms with Crippen LogP contribution in [-0.4, -0.2) is 6.61 Å². The Labute approximate surface area is 86.4 Å². The van der Waals surface area contributed by atoms with Gasteiger partial charge in [0.05, 0.1) is 6.61 Å². The zero-order chi connectivity index (χ0) is 10.2. The fraction of sp³-hybridized carbons (Fsp3) is 0.385. The van der Waals surface area contributed by atoms with Crippen molar-refractivity contribution in [1.29, 1.82) is 0 Å². The molecular formula is C13H18O. The van der Waals surface area contributed by atoms with Crippen LogP contribution in [0.1, 0.15) is 18.9 Å². The largest absolute Gasteiger partial charge is 0.376 e. The number of hydrogen-bond acceptors (Lipinski definition) is 1. The van der Waals surface area contributed by atoms with Crippen molar-refractivity contribution in [3.05, 3.63) is 48.6 Å². The van der Waals surface area contributed by atoms with Crippen LogP contribution in [0.3, 0.4) is 0 Å². The van der Waals surface area contributed by atoms with Crippen LogP contribution < -0.4 is 0 Å². The molecule has 1 aromatic carbocycles. The predicted molar refractivity (Wildman–Crippen MR) is 60.1 cm³/mol. The van der Waals surface area contributed by atoms with Crippen molar-refractivity contribution >= 4 is 0 Å². The second-order valence-corrected chi connectivity index (χ2v) is 3.63. The number of ether oxygens (including phenoxy) is 1. The van der Waals surface area contributed by atoms with Gasteiger partial charge in [0, 0.05) is 6.61 Å². The maximum atomic E-state index is 5.59. The van der Waals surface area contributed by atoms with Gasteiger partial charge in [-0.3, -0.25) is 0 Å². The van der Waals surface area contributed by atoms with Gasteiger partial charge in [0.25, 0.3) is 0 Å². The zero-order valence-corrected chi connectivity index (χ0v) is 8.78. The standard InChI is InChI=1S/C13H18O/c1-3-7-12(2)10-14-11-13-8-5-4-6-9-13/h3-6,8-9,12H,1,7,10-11H2,2H3/t12-/m0/s1. The highest BCUT2D eigenvalue weighted by Gasteiger charge is 1.99. The minimum atomic E-state index is 0.566.